The molecule has 0 saturated carbocycles. The maximum absolute atomic E-state index is 12.8. The van der Waals surface area contributed by atoms with Gasteiger partial charge in [-0.3, -0.25) is 5.32 Å². The van der Waals surface area contributed by atoms with Gasteiger partial charge in [0.15, 0.2) is 6.10 Å². The average Bonchev–Trinajstić information content (AvgIpc) is 2.82. The van der Waals surface area contributed by atoms with Gasteiger partial charge in [-0.15, -0.1) is 0 Å². The highest BCUT2D eigenvalue weighted by Gasteiger charge is 2.29. The molecule has 0 radical (unpaired) electrons. The third-order valence-corrected chi connectivity index (χ3v) is 5.32. The van der Waals surface area contributed by atoms with Crippen molar-refractivity contribution in [2.24, 2.45) is 0 Å². The van der Waals surface area contributed by atoms with Crippen LogP contribution in [0.3, 0.4) is 0 Å². The number of carbonyl (C=O) groups is 2. The third-order valence-electron chi connectivity index (χ3n) is 4.79. The number of nitrogens with one attached hydrogen (secondary N) is 1. The molecule has 0 saturated heterocycles. The Morgan fingerprint density at radius 2 is 1.65 bits per heavy atom. The molecule has 3 N–H and O–H groups in total. The molecule has 0 fully saturated rings. The Morgan fingerprint density at radius 1 is 0.971 bits per heavy atom. The summed E-state index contributed by atoms with van der Waals surface area (Å²) in [5, 5.41) is 21.3. The number of halogens is 1. The molecular formula is C26H24BrNO6. The molecule has 7 nitrogen and oxygen atoms in total. The normalized spacial score (nSPS) is 12.6. The molecule has 3 rings (SSSR count). The van der Waals surface area contributed by atoms with Gasteiger partial charge in [-0.25, -0.2) is 9.59 Å². The summed E-state index contributed by atoms with van der Waals surface area (Å²) in [4.78, 5) is 23.6. The number of aliphatic carboxylic acids is 1. The highest BCUT2D eigenvalue weighted by atomic mass is 79.9. The Bertz CT molecular complexity index is 1100. The van der Waals surface area contributed by atoms with Crippen LogP contribution in [0.2, 0.25) is 0 Å². The number of para-hydroxylation sites is 1. The number of anilines is 1. The molecule has 0 spiro atoms. The molecule has 0 aliphatic rings. The molecule has 2 atom stereocenters. The van der Waals surface area contributed by atoms with E-state index in [1.54, 1.807) is 48.5 Å². The summed E-state index contributed by atoms with van der Waals surface area (Å²) in [5.74, 6) is -0.386. The molecule has 0 bridgehead atoms. The smallest absolute Gasteiger partial charge is 0.412 e. The predicted molar refractivity (Wildman–Crippen MR) is 132 cm³/mol. The first-order valence-corrected chi connectivity index (χ1v) is 11.3. The second kappa shape index (κ2) is 12.5. The number of carbonyl (C=O) groups excluding carboxylic acids is 1. The minimum Gasteiger partial charge on any atom is -0.508 e. The van der Waals surface area contributed by atoms with Crippen LogP contribution >= 0.6 is 15.9 Å². The molecule has 0 heterocycles. The molecule has 0 unspecified atom stereocenters. The standard InChI is InChI=1S/C26H24BrNO6/c27-19-12-14-20(15-13-19)28-26(32)34-25(18-10-16-21(29)17-11-18)23(8-4-5-9-24(30)31)33-22-6-2-1-3-7-22/h1-3,5-7,9-17,23,25,29H,4,8H2,(H,28,32)(H,30,31)/b9-5+/t23-,25-/m1/s1. The SMILES string of the molecule is O=C(O)/C=C/CC[C@@H](Oc1ccccc1)[C@H](OC(=O)Nc1ccc(Br)cc1)c1ccc(O)cc1. The zero-order valence-electron chi connectivity index (χ0n) is 18.1. The molecule has 176 valence electrons. The van der Waals surface area contributed by atoms with Crippen molar-refractivity contribution in [3.63, 3.8) is 0 Å². The third kappa shape index (κ3) is 7.97. The minimum absolute atomic E-state index is 0.0757. The zero-order valence-corrected chi connectivity index (χ0v) is 19.7. The number of rotatable bonds is 10. The van der Waals surface area contributed by atoms with Crippen molar-refractivity contribution < 1.29 is 29.3 Å². The van der Waals surface area contributed by atoms with Crippen LogP contribution < -0.4 is 10.1 Å². The minimum atomic E-state index is -1.04. The summed E-state index contributed by atoms with van der Waals surface area (Å²) in [5.41, 5.74) is 1.18. The first-order chi connectivity index (χ1) is 16.4. The number of hydrogen-bond donors (Lipinski definition) is 3. The predicted octanol–water partition coefficient (Wildman–Crippen LogP) is 6.31. The van der Waals surface area contributed by atoms with Crippen LogP contribution in [0.15, 0.2) is 95.5 Å². The van der Waals surface area contributed by atoms with Crippen LogP contribution in [-0.2, 0) is 9.53 Å². The molecule has 0 aliphatic heterocycles. The van der Waals surface area contributed by atoms with Crippen molar-refractivity contribution in [3.8, 4) is 11.5 Å². The number of carboxylic acids is 1. The Hall–Kier alpha value is -3.78. The summed E-state index contributed by atoms with van der Waals surface area (Å²) in [6, 6.07) is 22.5. The van der Waals surface area contributed by atoms with Gasteiger partial charge in [0.25, 0.3) is 0 Å². The van der Waals surface area contributed by atoms with E-state index in [9.17, 15) is 14.7 Å². The second-order valence-corrected chi connectivity index (χ2v) is 8.25. The van der Waals surface area contributed by atoms with Crippen LogP contribution in [0.5, 0.6) is 11.5 Å². The van der Waals surface area contributed by atoms with E-state index in [-0.39, 0.29) is 5.75 Å². The van der Waals surface area contributed by atoms with Gasteiger partial charge in [-0.1, -0.05) is 52.3 Å². The first kappa shape index (κ1) is 24.9. The number of aromatic hydroxyl groups is 1. The molecule has 1 amide bonds. The van der Waals surface area contributed by atoms with Crippen LogP contribution in [0.4, 0.5) is 10.5 Å². The first-order valence-electron chi connectivity index (χ1n) is 10.5. The van der Waals surface area contributed by atoms with Crippen molar-refractivity contribution in [2.45, 2.75) is 25.0 Å². The van der Waals surface area contributed by atoms with E-state index in [0.717, 1.165) is 10.5 Å². The molecular weight excluding hydrogens is 502 g/mol. The Labute approximate surface area is 205 Å². The highest BCUT2D eigenvalue weighted by Crippen LogP contribution is 2.30. The van der Waals surface area contributed by atoms with Crippen molar-refractivity contribution in [3.05, 3.63) is 101 Å². The van der Waals surface area contributed by atoms with Gasteiger partial charge in [0.2, 0.25) is 0 Å². The number of phenols is 1. The lowest BCUT2D eigenvalue weighted by Crippen LogP contribution is -2.31. The molecule has 3 aromatic carbocycles. The molecule has 0 aliphatic carbocycles. The molecule has 0 aromatic heterocycles. The van der Waals surface area contributed by atoms with E-state index in [1.165, 1.54) is 18.2 Å². The lowest BCUT2D eigenvalue weighted by Gasteiger charge is -2.28. The number of phenolic OH excluding ortho intramolecular Hbond substituents is 1. The van der Waals surface area contributed by atoms with Crippen molar-refractivity contribution >= 4 is 33.7 Å². The summed E-state index contributed by atoms with van der Waals surface area (Å²) in [6.45, 7) is 0. The van der Waals surface area contributed by atoms with Crippen LogP contribution in [-0.4, -0.2) is 28.4 Å². The van der Waals surface area contributed by atoms with Gasteiger partial charge >= 0.3 is 12.1 Å². The quantitative estimate of drug-likeness (QED) is 0.267. The van der Waals surface area contributed by atoms with Crippen molar-refractivity contribution in [1.82, 2.24) is 0 Å². The van der Waals surface area contributed by atoms with E-state index in [4.69, 9.17) is 14.6 Å². The monoisotopic (exact) mass is 525 g/mol. The number of benzene rings is 3. The fourth-order valence-electron chi connectivity index (χ4n) is 3.21. The number of allylic oxidation sites excluding steroid dienone is 1. The van der Waals surface area contributed by atoms with Crippen molar-refractivity contribution in [2.75, 3.05) is 5.32 Å². The van der Waals surface area contributed by atoms with E-state index < -0.39 is 24.3 Å². The maximum atomic E-state index is 12.8. The zero-order chi connectivity index (χ0) is 24.3. The lowest BCUT2D eigenvalue weighted by atomic mass is 10.00. The van der Waals surface area contributed by atoms with E-state index >= 15 is 0 Å². The van der Waals surface area contributed by atoms with Gasteiger partial charge in [0.1, 0.15) is 17.6 Å². The molecule has 3 aromatic rings. The van der Waals surface area contributed by atoms with E-state index in [1.807, 2.05) is 18.2 Å². The van der Waals surface area contributed by atoms with Crippen LogP contribution in [0.1, 0.15) is 24.5 Å². The maximum Gasteiger partial charge on any atom is 0.412 e. The Kier molecular flexibility index (Phi) is 9.11. The topological polar surface area (TPSA) is 105 Å². The molecule has 8 heteroatoms. The van der Waals surface area contributed by atoms with Crippen molar-refractivity contribution in [1.29, 1.82) is 0 Å². The van der Waals surface area contributed by atoms with Gasteiger partial charge in [0, 0.05) is 16.2 Å². The van der Waals surface area contributed by atoms with Gasteiger partial charge in [-0.05, 0) is 66.9 Å². The number of carboxylic acid groups (broad SMARTS) is 1. The Balaban J connectivity index is 1.86. The summed E-state index contributed by atoms with van der Waals surface area (Å²) in [7, 11) is 0. The number of amides is 1. The summed E-state index contributed by atoms with van der Waals surface area (Å²) >= 11 is 3.35. The molecule has 34 heavy (non-hydrogen) atoms. The largest absolute Gasteiger partial charge is 0.508 e. The van der Waals surface area contributed by atoms with E-state index in [0.29, 0.717) is 29.8 Å². The Morgan fingerprint density at radius 3 is 2.29 bits per heavy atom. The van der Waals surface area contributed by atoms with Gasteiger partial charge in [0.05, 0.1) is 0 Å². The lowest BCUT2D eigenvalue weighted by molar-refractivity contribution is -0.131. The highest BCUT2D eigenvalue weighted by molar-refractivity contribution is 9.10. The fourth-order valence-corrected chi connectivity index (χ4v) is 3.47. The fraction of sp³-hybridized carbons (Fsp3) is 0.154. The number of ether oxygens (including phenoxy) is 2. The van der Waals surface area contributed by atoms with Gasteiger partial charge in [-0.2, -0.15) is 0 Å². The summed E-state index contributed by atoms with van der Waals surface area (Å²) < 4.78 is 12.9. The van der Waals surface area contributed by atoms with E-state index in [2.05, 4.69) is 21.2 Å². The summed E-state index contributed by atoms with van der Waals surface area (Å²) in [6.07, 6.45) is 1.19. The average molecular weight is 526 g/mol. The number of hydrogen-bond acceptors (Lipinski definition) is 5. The van der Waals surface area contributed by atoms with Gasteiger partial charge < -0.3 is 19.7 Å². The van der Waals surface area contributed by atoms with Crippen LogP contribution in [0.25, 0.3) is 0 Å². The second-order valence-electron chi connectivity index (χ2n) is 7.34. The van der Waals surface area contributed by atoms with Crippen LogP contribution in [0, 0.1) is 0 Å².